The van der Waals surface area contributed by atoms with Crippen LogP contribution in [0.1, 0.15) is 30.9 Å². The number of rotatable bonds is 5. The summed E-state index contributed by atoms with van der Waals surface area (Å²) >= 11 is 1.63. The lowest BCUT2D eigenvalue weighted by atomic mass is 9.92. The predicted molar refractivity (Wildman–Crippen MR) is 86.4 cm³/mol. The highest BCUT2D eigenvalue weighted by Crippen LogP contribution is 2.29. The normalized spacial score (nSPS) is 13.8. The van der Waals surface area contributed by atoms with Gasteiger partial charge >= 0.3 is 0 Å². The molecule has 0 saturated heterocycles. The molecule has 0 saturated carbocycles. The molecular weight excluding hydrogens is 264 g/mol. The molecule has 2 unspecified atom stereocenters. The maximum Gasteiger partial charge on any atom is 0.153 e. The summed E-state index contributed by atoms with van der Waals surface area (Å²) in [5, 5.41) is -0.0352. The van der Waals surface area contributed by atoms with Gasteiger partial charge < -0.3 is 0 Å². The molecule has 0 bridgehead atoms. The predicted octanol–water partition coefficient (Wildman–Crippen LogP) is 4.85. The first-order chi connectivity index (χ1) is 9.59. The Balaban J connectivity index is 2.09. The van der Waals surface area contributed by atoms with Crippen LogP contribution in [0.15, 0.2) is 59.5 Å². The number of hydrogen-bond donors (Lipinski definition) is 0. The molecule has 2 rings (SSSR count). The number of benzene rings is 2. The summed E-state index contributed by atoms with van der Waals surface area (Å²) in [6.07, 6.45) is 0. The SMILES string of the molecule is Cc1ccccc1C(C)C(=O)C(C)Sc1ccccc1. The molecule has 0 heterocycles. The van der Waals surface area contributed by atoms with Gasteiger partial charge in [-0.25, -0.2) is 0 Å². The fourth-order valence-corrected chi connectivity index (χ4v) is 3.38. The van der Waals surface area contributed by atoms with Gasteiger partial charge in [-0.15, -0.1) is 11.8 Å². The zero-order valence-corrected chi connectivity index (χ0v) is 13.0. The first-order valence-electron chi connectivity index (χ1n) is 6.90. The van der Waals surface area contributed by atoms with Gasteiger partial charge in [0.05, 0.1) is 5.25 Å². The van der Waals surface area contributed by atoms with Crippen molar-refractivity contribution in [1.29, 1.82) is 0 Å². The van der Waals surface area contributed by atoms with E-state index in [1.54, 1.807) is 11.8 Å². The van der Waals surface area contributed by atoms with Crippen LogP contribution < -0.4 is 0 Å². The van der Waals surface area contributed by atoms with Crippen molar-refractivity contribution in [2.24, 2.45) is 0 Å². The molecule has 1 nitrogen and oxygen atoms in total. The minimum Gasteiger partial charge on any atom is -0.298 e. The van der Waals surface area contributed by atoms with E-state index in [9.17, 15) is 4.79 Å². The number of carbonyl (C=O) groups is 1. The highest BCUT2D eigenvalue weighted by atomic mass is 32.2. The van der Waals surface area contributed by atoms with Gasteiger partial charge in [0.1, 0.15) is 0 Å². The third-order valence-corrected chi connectivity index (χ3v) is 4.67. The molecule has 0 aliphatic heterocycles. The van der Waals surface area contributed by atoms with Crippen molar-refractivity contribution in [3.8, 4) is 0 Å². The molecule has 0 amide bonds. The van der Waals surface area contributed by atoms with E-state index in [0.29, 0.717) is 0 Å². The summed E-state index contributed by atoms with van der Waals surface area (Å²) in [7, 11) is 0. The lowest BCUT2D eigenvalue weighted by Gasteiger charge is -2.18. The second-order valence-electron chi connectivity index (χ2n) is 5.05. The number of aryl methyl sites for hydroxylation is 1. The molecule has 2 aromatic rings. The molecule has 0 radical (unpaired) electrons. The summed E-state index contributed by atoms with van der Waals surface area (Å²) in [6, 6.07) is 18.2. The van der Waals surface area contributed by atoms with Crippen LogP contribution in [0.3, 0.4) is 0 Å². The average molecular weight is 284 g/mol. The lowest BCUT2D eigenvalue weighted by Crippen LogP contribution is -2.20. The van der Waals surface area contributed by atoms with E-state index in [1.165, 1.54) is 5.56 Å². The Bertz CT molecular complexity index is 577. The largest absolute Gasteiger partial charge is 0.298 e. The number of hydrogen-bond acceptors (Lipinski definition) is 2. The van der Waals surface area contributed by atoms with Crippen molar-refractivity contribution in [3.63, 3.8) is 0 Å². The average Bonchev–Trinajstić information content (AvgIpc) is 2.47. The van der Waals surface area contributed by atoms with Crippen molar-refractivity contribution in [2.45, 2.75) is 36.8 Å². The number of thioether (sulfide) groups is 1. The Morgan fingerprint density at radius 1 is 0.950 bits per heavy atom. The van der Waals surface area contributed by atoms with Crippen LogP contribution in [-0.2, 0) is 4.79 Å². The summed E-state index contributed by atoms with van der Waals surface area (Å²) < 4.78 is 0. The molecule has 0 N–H and O–H groups in total. The minimum absolute atomic E-state index is 0.0352. The van der Waals surface area contributed by atoms with Crippen LogP contribution in [0.4, 0.5) is 0 Å². The standard InChI is InChI=1S/C18H20OS/c1-13-9-7-8-12-17(13)14(2)18(19)15(3)20-16-10-5-4-6-11-16/h4-12,14-15H,1-3H3. The van der Waals surface area contributed by atoms with Crippen LogP contribution in [0.5, 0.6) is 0 Å². The fourth-order valence-electron chi connectivity index (χ4n) is 2.34. The van der Waals surface area contributed by atoms with Crippen LogP contribution in [-0.4, -0.2) is 11.0 Å². The third kappa shape index (κ3) is 3.51. The molecule has 0 aliphatic rings. The van der Waals surface area contributed by atoms with Gasteiger partial charge in [-0.1, -0.05) is 49.4 Å². The summed E-state index contributed by atoms with van der Waals surface area (Å²) in [5.74, 6) is 0.232. The Morgan fingerprint density at radius 3 is 2.20 bits per heavy atom. The van der Waals surface area contributed by atoms with Crippen LogP contribution >= 0.6 is 11.8 Å². The molecular formula is C18H20OS. The van der Waals surface area contributed by atoms with E-state index in [4.69, 9.17) is 0 Å². The number of ketones is 1. The molecule has 0 fully saturated rings. The van der Waals surface area contributed by atoms with E-state index < -0.39 is 0 Å². The van der Waals surface area contributed by atoms with Crippen molar-refractivity contribution in [2.75, 3.05) is 0 Å². The van der Waals surface area contributed by atoms with Gasteiger partial charge in [0, 0.05) is 10.8 Å². The molecule has 0 spiro atoms. The van der Waals surface area contributed by atoms with E-state index >= 15 is 0 Å². The number of carbonyl (C=O) groups excluding carboxylic acids is 1. The Hall–Kier alpha value is -1.54. The van der Waals surface area contributed by atoms with E-state index in [2.05, 4.69) is 19.1 Å². The first-order valence-corrected chi connectivity index (χ1v) is 7.78. The van der Waals surface area contributed by atoms with Gasteiger partial charge in [0.25, 0.3) is 0 Å². The van der Waals surface area contributed by atoms with Gasteiger partial charge in [0.2, 0.25) is 0 Å². The molecule has 104 valence electrons. The first kappa shape index (κ1) is 14.9. The van der Waals surface area contributed by atoms with Gasteiger partial charge in [-0.3, -0.25) is 4.79 Å². The van der Waals surface area contributed by atoms with Crippen molar-refractivity contribution >= 4 is 17.5 Å². The van der Waals surface area contributed by atoms with Gasteiger partial charge in [-0.2, -0.15) is 0 Å². The molecule has 0 aliphatic carbocycles. The van der Waals surface area contributed by atoms with Crippen molar-refractivity contribution < 1.29 is 4.79 Å². The molecule has 20 heavy (non-hydrogen) atoms. The summed E-state index contributed by atoms with van der Waals surface area (Å²) in [5.41, 5.74) is 2.32. The lowest BCUT2D eigenvalue weighted by molar-refractivity contribution is -0.119. The third-order valence-electron chi connectivity index (χ3n) is 3.54. The molecule has 0 aromatic heterocycles. The Kier molecular flexibility index (Phi) is 5.02. The zero-order chi connectivity index (χ0) is 14.5. The summed E-state index contributed by atoms with van der Waals surface area (Å²) in [6.45, 7) is 6.07. The monoisotopic (exact) mass is 284 g/mol. The maximum absolute atomic E-state index is 12.6. The van der Waals surface area contributed by atoms with Gasteiger partial charge in [-0.05, 0) is 37.1 Å². The van der Waals surface area contributed by atoms with Crippen LogP contribution in [0.2, 0.25) is 0 Å². The Morgan fingerprint density at radius 2 is 1.55 bits per heavy atom. The summed E-state index contributed by atoms with van der Waals surface area (Å²) in [4.78, 5) is 13.7. The molecule has 2 heteroatoms. The second kappa shape index (κ2) is 6.76. The van der Waals surface area contributed by atoms with Crippen LogP contribution in [0, 0.1) is 6.92 Å². The van der Waals surface area contributed by atoms with Crippen molar-refractivity contribution in [3.05, 3.63) is 65.7 Å². The highest BCUT2D eigenvalue weighted by Gasteiger charge is 2.23. The quantitative estimate of drug-likeness (QED) is 0.730. The molecule has 2 atom stereocenters. The zero-order valence-electron chi connectivity index (χ0n) is 12.2. The van der Waals surface area contributed by atoms with Crippen LogP contribution in [0.25, 0.3) is 0 Å². The highest BCUT2D eigenvalue weighted by molar-refractivity contribution is 8.00. The van der Waals surface area contributed by atoms with E-state index in [0.717, 1.165) is 10.5 Å². The fraction of sp³-hybridized carbons (Fsp3) is 0.278. The van der Waals surface area contributed by atoms with E-state index in [-0.39, 0.29) is 17.0 Å². The maximum atomic E-state index is 12.6. The number of Topliss-reactive ketones (excluding diaryl/α,β-unsaturated/α-hetero) is 1. The van der Waals surface area contributed by atoms with Gasteiger partial charge in [0.15, 0.2) is 5.78 Å². The molecule has 2 aromatic carbocycles. The second-order valence-corrected chi connectivity index (χ2v) is 6.47. The topological polar surface area (TPSA) is 17.1 Å². The Labute approximate surface area is 125 Å². The van der Waals surface area contributed by atoms with E-state index in [1.807, 2.05) is 56.3 Å². The smallest absolute Gasteiger partial charge is 0.153 e. The minimum atomic E-state index is -0.0533. The van der Waals surface area contributed by atoms with Crippen molar-refractivity contribution in [1.82, 2.24) is 0 Å².